The van der Waals surface area contributed by atoms with Gasteiger partial charge in [-0.3, -0.25) is 4.79 Å². The molecule has 0 saturated carbocycles. The van der Waals surface area contributed by atoms with Gasteiger partial charge in [-0.25, -0.2) is 9.97 Å². The summed E-state index contributed by atoms with van der Waals surface area (Å²) in [5, 5.41) is 6.48. The fourth-order valence-corrected chi connectivity index (χ4v) is 1.90. The molecule has 106 valence electrons. The first-order valence-corrected chi connectivity index (χ1v) is 6.39. The SMILES string of the molecule is Cc1cc(C(=O)NCc2cncnc2C(C)(C)C)no1. The highest BCUT2D eigenvalue weighted by Gasteiger charge is 2.20. The third kappa shape index (κ3) is 3.20. The van der Waals surface area contributed by atoms with E-state index in [0.717, 1.165) is 11.3 Å². The molecule has 0 saturated heterocycles. The summed E-state index contributed by atoms with van der Waals surface area (Å²) in [4.78, 5) is 20.2. The van der Waals surface area contributed by atoms with Crippen LogP contribution in [0.5, 0.6) is 0 Å². The maximum absolute atomic E-state index is 11.9. The average Bonchev–Trinajstić information content (AvgIpc) is 2.82. The van der Waals surface area contributed by atoms with E-state index in [4.69, 9.17) is 4.52 Å². The highest BCUT2D eigenvalue weighted by atomic mass is 16.5. The van der Waals surface area contributed by atoms with Gasteiger partial charge in [-0.1, -0.05) is 25.9 Å². The predicted molar refractivity (Wildman–Crippen MR) is 73.1 cm³/mol. The van der Waals surface area contributed by atoms with Crippen LogP contribution < -0.4 is 5.32 Å². The van der Waals surface area contributed by atoms with Gasteiger partial charge in [0.15, 0.2) is 5.69 Å². The van der Waals surface area contributed by atoms with Gasteiger partial charge in [0, 0.05) is 29.8 Å². The van der Waals surface area contributed by atoms with E-state index in [1.165, 1.54) is 6.33 Å². The molecule has 1 amide bonds. The maximum Gasteiger partial charge on any atom is 0.273 e. The second-order valence-corrected chi connectivity index (χ2v) is 5.65. The Hall–Kier alpha value is -2.24. The summed E-state index contributed by atoms with van der Waals surface area (Å²) in [6.07, 6.45) is 3.24. The number of carbonyl (C=O) groups excluding carboxylic acids is 1. The summed E-state index contributed by atoms with van der Waals surface area (Å²) < 4.78 is 4.88. The van der Waals surface area contributed by atoms with Gasteiger partial charge in [0.2, 0.25) is 0 Å². The van der Waals surface area contributed by atoms with Crippen molar-refractivity contribution in [3.8, 4) is 0 Å². The van der Waals surface area contributed by atoms with Crippen LogP contribution in [0, 0.1) is 6.92 Å². The number of carbonyl (C=O) groups is 1. The third-order valence-corrected chi connectivity index (χ3v) is 2.80. The highest BCUT2D eigenvalue weighted by Crippen LogP contribution is 2.22. The molecule has 2 aromatic heterocycles. The standard InChI is InChI=1S/C14H18N4O2/c1-9-5-11(18-20-9)13(19)16-7-10-6-15-8-17-12(10)14(2,3)4/h5-6,8H,7H2,1-4H3,(H,16,19). The quantitative estimate of drug-likeness (QED) is 0.925. The van der Waals surface area contributed by atoms with Crippen molar-refractivity contribution in [2.75, 3.05) is 0 Å². The molecule has 0 aliphatic carbocycles. The van der Waals surface area contributed by atoms with Crippen LogP contribution in [-0.2, 0) is 12.0 Å². The number of nitrogens with one attached hydrogen (secondary N) is 1. The van der Waals surface area contributed by atoms with Crippen LogP contribution in [0.2, 0.25) is 0 Å². The number of hydrogen-bond donors (Lipinski definition) is 1. The monoisotopic (exact) mass is 274 g/mol. The Morgan fingerprint density at radius 2 is 2.15 bits per heavy atom. The molecule has 1 N–H and O–H groups in total. The molecule has 0 fully saturated rings. The zero-order valence-electron chi connectivity index (χ0n) is 12.1. The molecule has 2 rings (SSSR count). The summed E-state index contributed by atoms with van der Waals surface area (Å²) in [5.74, 6) is 0.333. The van der Waals surface area contributed by atoms with Crippen molar-refractivity contribution in [2.45, 2.75) is 39.7 Å². The van der Waals surface area contributed by atoms with Crippen molar-refractivity contribution in [1.82, 2.24) is 20.4 Å². The van der Waals surface area contributed by atoms with E-state index in [1.54, 1.807) is 19.2 Å². The van der Waals surface area contributed by atoms with E-state index in [-0.39, 0.29) is 17.0 Å². The smallest absolute Gasteiger partial charge is 0.273 e. The largest absolute Gasteiger partial charge is 0.361 e. The molecule has 0 aliphatic rings. The van der Waals surface area contributed by atoms with Gasteiger partial charge < -0.3 is 9.84 Å². The van der Waals surface area contributed by atoms with Gasteiger partial charge in [0.05, 0.1) is 5.69 Å². The van der Waals surface area contributed by atoms with Gasteiger partial charge in [0.1, 0.15) is 12.1 Å². The van der Waals surface area contributed by atoms with Crippen LogP contribution in [0.3, 0.4) is 0 Å². The molecule has 2 aromatic rings. The lowest BCUT2D eigenvalue weighted by molar-refractivity contribution is 0.0941. The van der Waals surface area contributed by atoms with Crippen molar-refractivity contribution in [3.63, 3.8) is 0 Å². The lowest BCUT2D eigenvalue weighted by Gasteiger charge is -2.20. The Balaban J connectivity index is 2.10. The lowest BCUT2D eigenvalue weighted by atomic mass is 9.89. The first-order chi connectivity index (χ1) is 9.38. The van der Waals surface area contributed by atoms with E-state index in [1.807, 2.05) is 0 Å². The Morgan fingerprint density at radius 1 is 1.40 bits per heavy atom. The second-order valence-electron chi connectivity index (χ2n) is 5.65. The molecule has 6 nitrogen and oxygen atoms in total. The van der Waals surface area contributed by atoms with Crippen LogP contribution in [0.4, 0.5) is 0 Å². The van der Waals surface area contributed by atoms with Crippen LogP contribution in [0.1, 0.15) is 48.3 Å². The van der Waals surface area contributed by atoms with Crippen molar-refractivity contribution in [2.24, 2.45) is 0 Å². The van der Waals surface area contributed by atoms with Crippen LogP contribution in [0.25, 0.3) is 0 Å². The Kier molecular flexibility index (Phi) is 3.83. The molecular weight excluding hydrogens is 256 g/mol. The molecule has 2 heterocycles. The average molecular weight is 274 g/mol. The Morgan fingerprint density at radius 3 is 2.75 bits per heavy atom. The molecule has 0 unspecified atom stereocenters. The number of amides is 1. The van der Waals surface area contributed by atoms with Gasteiger partial charge in [0.25, 0.3) is 5.91 Å². The summed E-state index contributed by atoms with van der Waals surface area (Å²) in [7, 11) is 0. The fraction of sp³-hybridized carbons (Fsp3) is 0.429. The topological polar surface area (TPSA) is 80.9 Å². The van der Waals surface area contributed by atoms with Gasteiger partial charge in [-0.15, -0.1) is 0 Å². The summed E-state index contributed by atoms with van der Waals surface area (Å²) in [6, 6.07) is 1.60. The van der Waals surface area contributed by atoms with Crippen LogP contribution in [0.15, 0.2) is 23.1 Å². The zero-order valence-corrected chi connectivity index (χ0v) is 12.1. The highest BCUT2D eigenvalue weighted by molar-refractivity contribution is 5.92. The summed E-state index contributed by atoms with van der Waals surface area (Å²) in [6.45, 7) is 8.32. The van der Waals surface area contributed by atoms with Crippen molar-refractivity contribution >= 4 is 5.91 Å². The Bertz CT molecular complexity index is 614. The normalized spacial score (nSPS) is 11.4. The zero-order chi connectivity index (χ0) is 14.8. The van der Waals surface area contributed by atoms with Crippen molar-refractivity contribution in [1.29, 1.82) is 0 Å². The number of aryl methyl sites for hydroxylation is 1. The minimum atomic E-state index is -0.273. The number of rotatable bonds is 3. The minimum absolute atomic E-state index is 0.104. The molecule has 0 spiro atoms. The van der Waals surface area contributed by atoms with Crippen LogP contribution >= 0.6 is 0 Å². The molecule has 0 radical (unpaired) electrons. The molecular formula is C14H18N4O2. The summed E-state index contributed by atoms with van der Waals surface area (Å²) in [5.41, 5.74) is 1.99. The molecule has 0 atom stereocenters. The van der Waals surface area contributed by atoms with Crippen molar-refractivity contribution in [3.05, 3.63) is 41.3 Å². The van der Waals surface area contributed by atoms with E-state index >= 15 is 0 Å². The minimum Gasteiger partial charge on any atom is -0.361 e. The number of hydrogen-bond acceptors (Lipinski definition) is 5. The number of aromatic nitrogens is 3. The first-order valence-electron chi connectivity index (χ1n) is 6.39. The maximum atomic E-state index is 11.9. The summed E-state index contributed by atoms with van der Waals surface area (Å²) >= 11 is 0. The second kappa shape index (κ2) is 5.40. The lowest BCUT2D eigenvalue weighted by Crippen LogP contribution is -2.26. The molecule has 20 heavy (non-hydrogen) atoms. The Labute approximate surface area is 117 Å². The molecule has 0 aromatic carbocycles. The van der Waals surface area contributed by atoms with E-state index in [9.17, 15) is 4.79 Å². The fourth-order valence-electron chi connectivity index (χ4n) is 1.90. The van der Waals surface area contributed by atoms with E-state index < -0.39 is 0 Å². The molecule has 6 heteroatoms. The first kappa shape index (κ1) is 14.2. The van der Waals surface area contributed by atoms with E-state index in [2.05, 4.69) is 41.2 Å². The van der Waals surface area contributed by atoms with Crippen LogP contribution in [-0.4, -0.2) is 21.0 Å². The number of nitrogens with zero attached hydrogens (tertiary/aromatic N) is 3. The molecule has 0 aliphatic heterocycles. The van der Waals surface area contributed by atoms with Gasteiger partial charge in [-0.2, -0.15) is 0 Å². The van der Waals surface area contributed by atoms with Gasteiger partial charge >= 0.3 is 0 Å². The molecule has 0 bridgehead atoms. The third-order valence-electron chi connectivity index (χ3n) is 2.80. The predicted octanol–water partition coefficient (Wildman–Crippen LogP) is 2.00. The van der Waals surface area contributed by atoms with Crippen molar-refractivity contribution < 1.29 is 9.32 Å². The van der Waals surface area contributed by atoms with Gasteiger partial charge in [-0.05, 0) is 6.92 Å². The van der Waals surface area contributed by atoms with E-state index in [0.29, 0.717) is 12.3 Å².